The molecule has 2 aliphatic heterocycles. The van der Waals surface area contributed by atoms with Gasteiger partial charge in [-0.2, -0.15) is 0 Å². The fourth-order valence-corrected chi connectivity index (χ4v) is 5.11. The summed E-state index contributed by atoms with van der Waals surface area (Å²) in [5.41, 5.74) is 2.59. The first-order valence-electron chi connectivity index (χ1n) is 13.4. The van der Waals surface area contributed by atoms with E-state index in [4.69, 9.17) is 9.97 Å². The molecule has 2 saturated heterocycles. The largest absolute Gasteiger partial charge is 0.392 e. The lowest BCUT2D eigenvalue weighted by Crippen LogP contribution is -2.47. The third-order valence-electron chi connectivity index (χ3n) is 7.11. The van der Waals surface area contributed by atoms with Crippen molar-refractivity contribution in [3.8, 4) is 0 Å². The molecule has 0 unspecified atom stereocenters. The Morgan fingerprint density at radius 1 is 0.892 bits per heavy atom. The van der Waals surface area contributed by atoms with E-state index in [9.17, 15) is 10.2 Å². The first-order chi connectivity index (χ1) is 17.9. The highest BCUT2D eigenvalue weighted by Crippen LogP contribution is 2.29. The molecule has 10 heteroatoms. The predicted molar refractivity (Wildman–Crippen MR) is 145 cm³/mol. The molecular weight excluding hydrogens is 468 g/mol. The zero-order chi connectivity index (χ0) is 25.8. The number of aliphatic hydroxyl groups is 2. The van der Waals surface area contributed by atoms with Crippen LogP contribution in [-0.2, 0) is 6.54 Å². The van der Waals surface area contributed by atoms with Gasteiger partial charge in [-0.15, -0.1) is 0 Å². The Hall–Kier alpha value is -2.92. The van der Waals surface area contributed by atoms with Crippen LogP contribution in [0.25, 0.3) is 10.9 Å². The van der Waals surface area contributed by atoms with E-state index in [1.54, 1.807) is 13.1 Å². The van der Waals surface area contributed by atoms with Crippen LogP contribution >= 0.6 is 0 Å². The minimum atomic E-state index is -0.651. The van der Waals surface area contributed by atoms with E-state index in [1.165, 1.54) is 6.42 Å². The van der Waals surface area contributed by atoms with Crippen molar-refractivity contribution in [1.29, 1.82) is 0 Å². The second-order valence-corrected chi connectivity index (χ2v) is 10.3. The molecule has 198 valence electrons. The van der Waals surface area contributed by atoms with Crippen LogP contribution in [-0.4, -0.2) is 91.9 Å². The Morgan fingerprint density at radius 2 is 1.65 bits per heavy atom. The number of hydrogen-bond donors (Lipinski definition) is 3. The lowest BCUT2D eigenvalue weighted by Gasteiger charge is -2.35. The van der Waals surface area contributed by atoms with E-state index in [2.05, 4.69) is 36.1 Å². The lowest BCUT2D eigenvalue weighted by molar-refractivity contribution is 0.0780. The Morgan fingerprint density at radius 3 is 2.32 bits per heavy atom. The third-order valence-corrected chi connectivity index (χ3v) is 7.11. The van der Waals surface area contributed by atoms with Gasteiger partial charge >= 0.3 is 0 Å². The molecule has 0 spiro atoms. The molecule has 0 aliphatic carbocycles. The highest BCUT2D eigenvalue weighted by atomic mass is 16.3. The fraction of sp³-hybridized carbons (Fsp3) is 0.556. The van der Waals surface area contributed by atoms with E-state index in [-0.39, 0.29) is 6.10 Å². The van der Waals surface area contributed by atoms with Gasteiger partial charge in [0.05, 0.1) is 17.9 Å². The molecule has 3 aromatic heterocycles. The standard InChI is InChI=1S/C27H38N8O2/c1-19(36)17-33-10-12-34(13-11-33)18-21-6-7-24(28-15-21)31-27-29-16-22-14-23(20(2)37)30-26(25(22)32-27)35-8-4-3-5-9-35/h6-7,14-16,19-20,36-37H,3-5,8-13,17-18H2,1-2H3,(H,28,29,31,32)/t19-,20+/m0/s1. The van der Waals surface area contributed by atoms with Crippen LogP contribution in [0.3, 0.4) is 0 Å². The lowest BCUT2D eigenvalue weighted by atomic mass is 10.1. The molecular formula is C27H38N8O2. The van der Waals surface area contributed by atoms with Crippen molar-refractivity contribution < 1.29 is 10.2 Å². The Kier molecular flexibility index (Phi) is 8.09. The molecule has 0 aromatic carbocycles. The third kappa shape index (κ3) is 6.51. The van der Waals surface area contributed by atoms with Crippen LogP contribution < -0.4 is 10.2 Å². The summed E-state index contributed by atoms with van der Waals surface area (Å²) in [6.07, 6.45) is 6.25. The second kappa shape index (κ2) is 11.6. The van der Waals surface area contributed by atoms with Crippen molar-refractivity contribution in [3.63, 3.8) is 0 Å². The number of anilines is 3. The van der Waals surface area contributed by atoms with Crippen molar-refractivity contribution in [2.45, 2.75) is 51.9 Å². The summed E-state index contributed by atoms with van der Waals surface area (Å²) in [5.74, 6) is 1.99. The first kappa shape index (κ1) is 25.7. The molecule has 0 amide bonds. The number of piperazine rings is 1. The first-order valence-corrected chi connectivity index (χ1v) is 13.4. The summed E-state index contributed by atoms with van der Waals surface area (Å²) in [5, 5.41) is 23.9. The quantitative estimate of drug-likeness (QED) is 0.421. The number of pyridine rings is 2. The summed E-state index contributed by atoms with van der Waals surface area (Å²) in [6.45, 7) is 11.0. The molecule has 3 aromatic rings. The van der Waals surface area contributed by atoms with E-state index < -0.39 is 6.10 Å². The molecule has 37 heavy (non-hydrogen) atoms. The molecule has 2 atom stereocenters. The Balaban J connectivity index is 1.27. The van der Waals surface area contributed by atoms with Gasteiger partial charge in [0.15, 0.2) is 5.82 Å². The molecule has 3 N–H and O–H groups in total. The maximum Gasteiger partial charge on any atom is 0.229 e. The number of nitrogens with zero attached hydrogens (tertiary/aromatic N) is 7. The van der Waals surface area contributed by atoms with Gasteiger partial charge in [-0.25, -0.2) is 19.9 Å². The molecule has 5 rings (SSSR count). The fourth-order valence-electron chi connectivity index (χ4n) is 5.11. The number of nitrogens with one attached hydrogen (secondary N) is 1. The second-order valence-electron chi connectivity index (χ2n) is 10.3. The van der Waals surface area contributed by atoms with Gasteiger partial charge in [0.25, 0.3) is 0 Å². The minimum absolute atomic E-state index is 0.281. The van der Waals surface area contributed by atoms with Crippen molar-refractivity contribution in [2.75, 3.05) is 56.0 Å². The van der Waals surface area contributed by atoms with Gasteiger partial charge in [-0.3, -0.25) is 9.80 Å². The van der Waals surface area contributed by atoms with Crippen molar-refractivity contribution in [2.24, 2.45) is 0 Å². The Bertz CT molecular complexity index is 1170. The van der Waals surface area contributed by atoms with Crippen LogP contribution in [0.5, 0.6) is 0 Å². The number of aromatic nitrogens is 4. The van der Waals surface area contributed by atoms with Gasteiger partial charge in [0.2, 0.25) is 5.95 Å². The Labute approximate surface area is 218 Å². The van der Waals surface area contributed by atoms with Crippen LogP contribution in [0.1, 0.15) is 50.5 Å². The monoisotopic (exact) mass is 506 g/mol. The molecule has 0 radical (unpaired) electrons. The van der Waals surface area contributed by atoms with Gasteiger partial charge in [0, 0.05) is 70.1 Å². The zero-order valence-corrected chi connectivity index (χ0v) is 21.8. The number of rotatable bonds is 8. The number of β-amino-alcohol motifs (C(OH)–C–C–N with tert-alkyl or cyclic N) is 1. The van der Waals surface area contributed by atoms with Crippen molar-refractivity contribution in [1.82, 2.24) is 29.7 Å². The normalized spacial score (nSPS) is 19.2. The van der Waals surface area contributed by atoms with Crippen LogP contribution in [0.2, 0.25) is 0 Å². The molecule has 2 aliphatic rings. The van der Waals surface area contributed by atoms with Gasteiger partial charge in [0.1, 0.15) is 11.3 Å². The van der Waals surface area contributed by atoms with E-state index in [0.717, 1.165) is 87.5 Å². The van der Waals surface area contributed by atoms with Gasteiger partial charge in [-0.1, -0.05) is 6.07 Å². The van der Waals surface area contributed by atoms with E-state index in [0.29, 0.717) is 17.5 Å². The SMILES string of the molecule is C[C@H](O)CN1CCN(Cc2ccc(Nc3ncc4cc([C@@H](C)O)nc(N5CCCCC5)c4n3)nc2)CC1. The van der Waals surface area contributed by atoms with Crippen molar-refractivity contribution >= 4 is 28.5 Å². The minimum Gasteiger partial charge on any atom is -0.392 e. The van der Waals surface area contributed by atoms with E-state index in [1.807, 2.05) is 25.3 Å². The zero-order valence-electron chi connectivity index (χ0n) is 21.8. The molecule has 2 fully saturated rings. The van der Waals surface area contributed by atoms with E-state index >= 15 is 0 Å². The summed E-state index contributed by atoms with van der Waals surface area (Å²) in [4.78, 5) is 25.7. The smallest absolute Gasteiger partial charge is 0.229 e. The van der Waals surface area contributed by atoms with Crippen LogP contribution in [0.15, 0.2) is 30.6 Å². The summed E-state index contributed by atoms with van der Waals surface area (Å²) in [6, 6.07) is 5.93. The summed E-state index contributed by atoms with van der Waals surface area (Å²) < 4.78 is 0. The molecule has 0 saturated carbocycles. The highest BCUT2D eigenvalue weighted by Gasteiger charge is 2.20. The number of fused-ring (bicyclic) bond motifs is 1. The average Bonchev–Trinajstić information content (AvgIpc) is 2.90. The summed E-state index contributed by atoms with van der Waals surface area (Å²) >= 11 is 0. The van der Waals surface area contributed by atoms with Gasteiger partial charge in [-0.05, 0) is 50.8 Å². The van der Waals surface area contributed by atoms with Crippen LogP contribution in [0, 0.1) is 0 Å². The molecule has 10 nitrogen and oxygen atoms in total. The molecule has 5 heterocycles. The summed E-state index contributed by atoms with van der Waals surface area (Å²) in [7, 11) is 0. The number of piperidine rings is 1. The maximum absolute atomic E-state index is 10.2. The van der Waals surface area contributed by atoms with Crippen LogP contribution in [0.4, 0.5) is 17.6 Å². The highest BCUT2D eigenvalue weighted by molar-refractivity contribution is 5.89. The van der Waals surface area contributed by atoms with Gasteiger partial charge < -0.3 is 20.4 Å². The number of aliphatic hydroxyl groups excluding tert-OH is 2. The predicted octanol–water partition coefficient (Wildman–Crippen LogP) is 2.71. The maximum atomic E-state index is 10.2. The topological polar surface area (TPSA) is 114 Å². The number of hydrogen-bond acceptors (Lipinski definition) is 10. The average molecular weight is 507 g/mol. The van der Waals surface area contributed by atoms with Crippen molar-refractivity contribution in [3.05, 3.63) is 41.9 Å². The molecule has 0 bridgehead atoms.